The Kier molecular flexibility index (Phi) is 6.41. The second kappa shape index (κ2) is 8.07. The lowest BCUT2D eigenvalue weighted by molar-refractivity contribution is 0.181. The zero-order chi connectivity index (χ0) is 14.4. The normalized spacial score (nSPS) is 16.8. The fourth-order valence-corrected chi connectivity index (χ4v) is 4.24. The van der Waals surface area contributed by atoms with Gasteiger partial charge in [-0.15, -0.1) is 11.3 Å². The Morgan fingerprint density at radius 2 is 2.20 bits per heavy atom. The van der Waals surface area contributed by atoms with Crippen LogP contribution in [-0.2, 0) is 28.7 Å². The molecule has 0 bridgehead atoms. The lowest BCUT2D eigenvalue weighted by Crippen LogP contribution is -2.37. The predicted molar refractivity (Wildman–Crippen MR) is 84.9 cm³/mol. The van der Waals surface area contributed by atoms with Crippen molar-refractivity contribution < 1.29 is 8.95 Å². The molecule has 0 radical (unpaired) electrons. The number of methoxy groups -OCH3 is 1. The van der Waals surface area contributed by atoms with Crippen molar-refractivity contribution in [3.8, 4) is 0 Å². The number of hydrogen-bond donors (Lipinski definition) is 1. The summed E-state index contributed by atoms with van der Waals surface area (Å²) >= 11 is 1.73. The molecule has 1 saturated heterocycles. The molecule has 1 N–H and O–H groups in total. The lowest BCUT2D eigenvalue weighted by atomic mass is 10.3. The van der Waals surface area contributed by atoms with Crippen molar-refractivity contribution in [3.63, 3.8) is 0 Å². The summed E-state index contributed by atoms with van der Waals surface area (Å²) < 4.78 is 16.7. The average Bonchev–Trinajstić information content (AvgIpc) is 2.84. The number of ether oxygens (including phenoxy) is 1. The number of anilines is 1. The van der Waals surface area contributed by atoms with Gasteiger partial charge in [-0.05, 0) is 13.0 Å². The molecule has 2 rings (SSSR count). The SMILES string of the molecule is CCCNCc1sc(N2CCS(=O)CC2)nc1COC. The minimum absolute atomic E-state index is 0.555. The van der Waals surface area contributed by atoms with Crippen LogP contribution in [0.15, 0.2) is 0 Å². The molecule has 0 amide bonds. The molecular weight excluding hydrogens is 294 g/mol. The van der Waals surface area contributed by atoms with Gasteiger partial charge in [-0.1, -0.05) is 6.92 Å². The largest absolute Gasteiger partial charge is 0.378 e. The van der Waals surface area contributed by atoms with E-state index in [1.165, 1.54) is 4.88 Å². The molecule has 0 unspecified atom stereocenters. The smallest absolute Gasteiger partial charge is 0.185 e. The van der Waals surface area contributed by atoms with E-state index in [1.807, 2.05) is 0 Å². The maximum atomic E-state index is 11.4. The first-order valence-electron chi connectivity index (χ1n) is 7.02. The van der Waals surface area contributed by atoms with E-state index in [-0.39, 0.29) is 0 Å². The summed E-state index contributed by atoms with van der Waals surface area (Å²) in [6.45, 7) is 6.27. The van der Waals surface area contributed by atoms with E-state index >= 15 is 0 Å². The van der Waals surface area contributed by atoms with Crippen LogP contribution in [0.25, 0.3) is 0 Å². The van der Waals surface area contributed by atoms with Crippen molar-refractivity contribution >= 4 is 27.3 Å². The zero-order valence-corrected chi connectivity index (χ0v) is 13.8. The van der Waals surface area contributed by atoms with Crippen LogP contribution in [0, 0.1) is 0 Å². The first-order chi connectivity index (χ1) is 9.74. The Labute approximate surface area is 127 Å². The van der Waals surface area contributed by atoms with E-state index in [2.05, 4.69) is 17.1 Å². The van der Waals surface area contributed by atoms with E-state index in [1.54, 1.807) is 18.4 Å². The average molecular weight is 317 g/mol. The van der Waals surface area contributed by atoms with Crippen LogP contribution in [0.1, 0.15) is 23.9 Å². The van der Waals surface area contributed by atoms with E-state index in [0.717, 1.165) is 54.9 Å². The van der Waals surface area contributed by atoms with E-state index < -0.39 is 10.8 Å². The number of hydrogen-bond acceptors (Lipinski definition) is 6. The fourth-order valence-electron chi connectivity index (χ4n) is 2.10. The molecule has 0 aromatic carbocycles. The van der Waals surface area contributed by atoms with Crippen molar-refractivity contribution in [3.05, 3.63) is 10.6 Å². The second-order valence-electron chi connectivity index (χ2n) is 4.81. The lowest BCUT2D eigenvalue weighted by Gasteiger charge is -2.25. The number of rotatable bonds is 7. The summed E-state index contributed by atoms with van der Waals surface area (Å²) in [6.07, 6.45) is 1.13. The molecule has 0 atom stereocenters. The topological polar surface area (TPSA) is 54.5 Å². The number of thiazole rings is 1. The summed E-state index contributed by atoms with van der Waals surface area (Å²) in [7, 11) is 1.06. The van der Waals surface area contributed by atoms with Gasteiger partial charge >= 0.3 is 0 Å². The highest BCUT2D eigenvalue weighted by Crippen LogP contribution is 2.27. The fraction of sp³-hybridized carbons (Fsp3) is 0.769. The molecule has 0 spiro atoms. The monoisotopic (exact) mass is 317 g/mol. The first kappa shape index (κ1) is 15.9. The molecule has 0 saturated carbocycles. The van der Waals surface area contributed by atoms with Crippen LogP contribution in [0.2, 0.25) is 0 Å². The molecule has 0 aliphatic carbocycles. The number of nitrogens with zero attached hydrogens (tertiary/aromatic N) is 2. The Bertz CT molecular complexity index is 441. The molecule has 20 heavy (non-hydrogen) atoms. The van der Waals surface area contributed by atoms with Gasteiger partial charge in [0.05, 0.1) is 12.3 Å². The van der Waals surface area contributed by atoms with Crippen LogP contribution in [0.3, 0.4) is 0 Å². The van der Waals surface area contributed by atoms with Gasteiger partial charge in [0.2, 0.25) is 0 Å². The van der Waals surface area contributed by atoms with Crippen LogP contribution < -0.4 is 10.2 Å². The number of nitrogens with one attached hydrogen (secondary N) is 1. The second-order valence-corrected chi connectivity index (χ2v) is 7.57. The van der Waals surface area contributed by atoms with Crippen LogP contribution in [0.4, 0.5) is 5.13 Å². The Balaban J connectivity index is 2.05. The van der Waals surface area contributed by atoms with Gasteiger partial charge in [0.15, 0.2) is 5.13 Å². The van der Waals surface area contributed by atoms with Crippen molar-refractivity contribution in [1.29, 1.82) is 0 Å². The Hall–Kier alpha value is -0.500. The van der Waals surface area contributed by atoms with Crippen molar-refractivity contribution in [2.24, 2.45) is 0 Å². The van der Waals surface area contributed by atoms with E-state index in [9.17, 15) is 4.21 Å². The third-order valence-electron chi connectivity index (χ3n) is 3.21. The highest BCUT2D eigenvalue weighted by atomic mass is 32.2. The van der Waals surface area contributed by atoms with Crippen LogP contribution >= 0.6 is 11.3 Å². The van der Waals surface area contributed by atoms with Gasteiger partial charge in [-0.3, -0.25) is 4.21 Å². The number of aromatic nitrogens is 1. The predicted octanol–water partition coefficient (Wildman–Crippen LogP) is 1.36. The van der Waals surface area contributed by atoms with Gasteiger partial charge in [0.1, 0.15) is 0 Å². The summed E-state index contributed by atoms with van der Waals surface area (Å²) in [6, 6.07) is 0. The Morgan fingerprint density at radius 3 is 2.85 bits per heavy atom. The van der Waals surface area contributed by atoms with Gasteiger partial charge in [0, 0.05) is 53.9 Å². The minimum Gasteiger partial charge on any atom is -0.378 e. The summed E-state index contributed by atoms with van der Waals surface area (Å²) in [5, 5.41) is 4.46. The molecule has 114 valence electrons. The van der Waals surface area contributed by atoms with Gasteiger partial charge in [-0.25, -0.2) is 4.98 Å². The van der Waals surface area contributed by atoms with Crippen LogP contribution in [-0.4, -0.2) is 47.4 Å². The highest BCUT2D eigenvalue weighted by Gasteiger charge is 2.20. The van der Waals surface area contributed by atoms with E-state index in [4.69, 9.17) is 9.72 Å². The third kappa shape index (κ3) is 4.25. The van der Waals surface area contributed by atoms with Gasteiger partial charge < -0.3 is 15.0 Å². The highest BCUT2D eigenvalue weighted by molar-refractivity contribution is 7.85. The van der Waals surface area contributed by atoms with Crippen molar-refractivity contribution in [2.45, 2.75) is 26.5 Å². The maximum Gasteiger partial charge on any atom is 0.185 e. The zero-order valence-electron chi connectivity index (χ0n) is 12.2. The molecule has 2 heterocycles. The maximum absolute atomic E-state index is 11.4. The van der Waals surface area contributed by atoms with Crippen LogP contribution in [0.5, 0.6) is 0 Å². The molecular formula is C13H23N3O2S2. The standard InChI is InChI=1S/C13H23N3O2S2/c1-3-4-14-9-12-11(10-18-2)15-13(19-12)16-5-7-20(17)8-6-16/h14H,3-10H2,1-2H3. The van der Waals surface area contributed by atoms with Crippen molar-refractivity contribution in [1.82, 2.24) is 10.3 Å². The molecule has 5 nitrogen and oxygen atoms in total. The molecule has 1 aromatic heterocycles. The molecule has 1 aliphatic heterocycles. The minimum atomic E-state index is -0.645. The summed E-state index contributed by atoms with van der Waals surface area (Å²) in [5.74, 6) is 1.51. The summed E-state index contributed by atoms with van der Waals surface area (Å²) in [4.78, 5) is 8.20. The first-order valence-corrected chi connectivity index (χ1v) is 9.33. The third-order valence-corrected chi connectivity index (χ3v) is 5.64. The van der Waals surface area contributed by atoms with Crippen molar-refractivity contribution in [2.75, 3.05) is 43.1 Å². The van der Waals surface area contributed by atoms with E-state index in [0.29, 0.717) is 6.61 Å². The van der Waals surface area contributed by atoms with Gasteiger partial charge in [0.25, 0.3) is 0 Å². The quantitative estimate of drug-likeness (QED) is 0.770. The molecule has 1 fully saturated rings. The molecule has 1 aliphatic rings. The molecule has 7 heteroatoms. The van der Waals surface area contributed by atoms with Gasteiger partial charge in [-0.2, -0.15) is 0 Å². The Morgan fingerprint density at radius 1 is 1.45 bits per heavy atom. The molecule has 1 aromatic rings. The summed E-state index contributed by atoms with van der Waals surface area (Å²) in [5.41, 5.74) is 1.03.